The standard InChI is InChI=1S/C13H22N2OS/c1-17-13(11-14)4-6-15(7-5-13)10-12-2-8-16-9-3-12/h12H,2-10H2,1H3. The molecule has 0 atom stereocenters. The fourth-order valence-corrected chi connectivity index (χ4v) is 3.43. The molecular weight excluding hydrogens is 232 g/mol. The molecule has 2 rings (SSSR count). The van der Waals surface area contributed by atoms with Gasteiger partial charge in [-0.3, -0.25) is 0 Å². The van der Waals surface area contributed by atoms with E-state index in [0.717, 1.165) is 45.1 Å². The van der Waals surface area contributed by atoms with Crippen molar-refractivity contribution in [3.63, 3.8) is 0 Å². The molecule has 17 heavy (non-hydrogen) atoms. The highest BCUT2D eigenvalue weighted by Crippen LogP contribution is 2.34. The molecule has 0 aliphatic carbocycles. The molecule has 2 aliphatic rings. The predicted molar refractivity (Wildman–Crippen MR) is 71.1 cm³/mol. The highest BCUT2D eigenvalue weighted by Gasteiger charge is 2.34. The number of nitrogens with zero attached hydrogens (tertiary/aromatic N) is 2. The first-order valence-electron chi connectivity index (χ1n) is 6.54. The Morgan fingerprint density at radius 3 is 2.53 bits per heavy atom. The minimum absolute atomic E-state index is 0.105. The van der Waals surface area contributed by atoms with Crippen molar-refractivity contribution in [2.75, 3.05) is 39.1 Å². The highest BCUT2D eigenvalue weighted by molar-refractivity contribution is 8.00. The maximum Gasteiger partial charge on any atom is 0.104 e. The zero-order chi connectivity index (χ0) is 12.1. The van der Waals surface area contributed by atoms with Gasteiger partial charge in [0, 0.05) is 32.8 Å². The monoisotopic (exact) mass is 254 g/mol. The van der Waals surface area contributed by atoms with Gasteiger partial charge in [-0.25, -0.2) is 0 Å². The molecule has 2 saturated heterocycles. The van der Waals surface area contributed by atoms with Crippen molar-refractivity contribution in [3.8, 4) is 6.07 Å². The molecule has 0 radical (unpaired) electrons. The summed E-state index contributed by atoms with van der Waals surface area (Å²) < 4.78 is 5.29. The van der Waals surface area contributed by atoms with Crippen LogP contribution in [0.1, 0.15) is 25.7 Å². The fourth-order valence-electron chi connectivity index (χ4n) is 2.75. The summed E-state index contributed by atoms with van der Waals surface area (Å²) in [6, 6.07) is 2.51. The van der Waals surface area contributed by atoms with Gasteiger partial charge in [0.05, 0.1) is 6.07 Å². The van der Waals surface area contributed by atoms with Gasteiger partial charge in [0.1, 0.15) is 4.75 Å². The minimum Gasteiger partial charge on any atom is -0.381 e. The van der Waals surface area contributed by atoms with Gasteiger partial charge < -0.3 is 9.64 Å². The Morgan fingerprint density at radius 2 is 2.00 bits per heavy atom. The fraction of sp³-hybridized carbons (Fsp3) is 0.923. The largest absolute Gasteiger partial charge is 0.381 e. The summed E-state index contributed by atoms with van der Waals surface area (Å²) in [5, 5.41) is 9.24. The van der Waals surface area contributed by atoms with Crippen LogP contribution in [0.4, 0.5) is 0 Å². The van der Waals surface area contributed by atoms with E-state index in [1.54, 1.807) is 11.8 Å². The zero-order valence-corrected chi connectivity index (χ0v) is 11.5. The lowest BCUT2D eigenvalue weighted by Crippen LogP contribution is -2.44. The van der Waals surface area contributed by atoms with E-state index in [1.807, 2.05) is 0 Å². The Morgan fingerprint density at radius 1 is 1.35 bits per heavy atom. The van der Waals surface area contributed by atoms with E-state index in [9.17, 15) is 5.26 Å². The summed E-state index contributed by atoms with van der Waals surface area (Å²) in [7, 11) is 0. The third-order valence-electron chi connectivity index (χ3n) is 4.12. The Hall–Kier alpha value is -0.240. The van der Waals surface area contributed by atoms with Crippen LogP contribution in [0.15, 0.2) is 0 Å². The van der Waals surface area contributed by atoms with E-state index in [0.29, 0.717) is 0 Å². The number of hydrogen-bond acceptors (Lipinski definition) is 4. The summed E-state index contributed by atoms with van der Waals surface area (Å²) >= 11 is 1.73. The van der Waals surface area contributed by atoms with Gasteiger partial charge in [-0.1, -0.05) is 0 Å². The lowest BCUT2D eigenvalue weighted by atomic mass is 9.94. The predicted octanol–water partition coefficient (Wildman–Crippen LogP) is 2.13. The second kappa shape index (κ2) is 6.08. The van der Waals surface area contributed by atoms with E-state index >= 15 is 0 Å². The molecular formula is C13H22N2OS. The van der Waals surface area contributed by atoms with E-state index in [2.05, 4.69) is 17.2 Å². The third kappa shape index (κ3) is 3.37. The van der Waals surface area contributed by atoms with Crippen LogP contribution < -0.4 is 0 Å². The number of rotatable bonds is 3. The molecule has 4 heteroatoms. The number of likely N-dealkylation sites (tertiary alicyclic amines) is 1. The number of piperidine rings is 1. The molecule has 0 aromatic carbocycles. The Labute approximate surface area is 108 Å². The smallest absolute Gasteiger partial charge is 0.104 e. The van der Waals surface area contributed by atoms with Crippen molar-refractivity contribution in [1.82, 2.24) is 4.90 Å². The Kier molecular flexibility index (Phi) is 4.72. The van der Waals surface area contributed by atoms with Crippen LogP contribution in [0.5, 0.6) is 0 Å². The van der Waals surface area contributed by atoms with Gasteiger partial charge in [0.25, 0.3) is 0 Å². The molecule has 2 heterocycles. The summed E-state index contributed by atoms with van der Waals surface area (Å²) in [6.07, 6.45) is 6.53. The van der Waals surface area contributed by atoms with Gasteiger partial charge in [-0.05, 0) is 37.9 Å². The molecule has 3 nitrogen and oxygen atoms in total. The Balaban J connectivity index is 1.77. The van der Waals surface area contributed by atoms with Gasteiger partial charge in [-0.15, -0.1) is 11.8 Å². The molecule has 96 valence electrons. The van der Waals surface area contributed by atoms with Crippen LogP contribution in [0.25, 0.3) is 0 Å². The normalized spacial score (nSPS) is 26.6. The summed E-state index contributed by atoms with van der Waals surface area (Å²) in [5.74, 6) is 0.813. The molecule has 0 unspecified atom stereocenters. The van der Waals surface area contributed by atoms with Crippen LogP contribution in [0.3, 0.4) is 0 Å². The van der Waals surface area contributed by atoms with Crippen molar-refractivity contribution in [2.45, 2.75) is 30.4 Å². The lowest BCUT2D eigenvalue weighted by Gasteiger charge is -2.38. The molecule has 0 saturated carbocycles. The Bertz CT molecular complexity index is 276. The molecule has 0 aromatic rings. The first-order valence-corrected chi connectivity index (χ1v) is 7.77. The van der Waals surface area contributed by atoms with Crippen molar-refractivity contribution >= 4 is 11.8 Å². The maximum atomic E-state index is 9.24. The molecule has 0 amide bonds. The quantitative estimate of drug-likeness (QED) is 0.773. The zero-order valence-electron chi connectivity index (χ0n) is 10.7. The average Bonchev–Trinajstić information content (AvgIpc) is 2.41. The first kappa shape index (κ1) is 13.2. The van der Waals surface area contributed by atoms with E-state index < -0.39 is 0 Å². The van der Waals surface area contributed by atoms with Crippen molar-refractivity contribution in [2.24, 2.45) is 5.92 Å². The molecule has 0 bridgehead atoms. The number of ether oxygens (including phenoxy) is 1. The van der Waals surface area contributed by atoms with Gasteiger partial charge in [0.2, 0.25) is 0 Å². The minimum atomic E-state index is -0.105. The molecule has 2 aliphatic heterocycles. The number of nitriles is 1. The summed E-state index contributed by atoms with van der Waals surface area (Å²) in [4.78, 5) is 2.54. The van der Waals surface area contributed by atoms with Crippen LogP contribution in [0, 0.1) is 17.2 Å². The van der Waals surface area contributed by atoms with Crippen LogP contribution in [-0.2, 0) is 4.74 Å². The lowest BCUT2D eigenvalue weighted by molar-refractivity contribution is 0.0491. The number of hydrogen-bond donors (Lipinski definition) is 0. The summed E-state index contributed by atoms with van der Waals surface area (Å²) in [6.45, 7) is 5.26. The molecule has 0 aromatic heterocycles. The highest BCUT2D eigenvalue weighted by atomic mass is 32.2. The molecule has 0 spiro atoms. The van der Waals surface area contributed by atoms with Crippen LogP contribution in [0.2, 0.25) is 0 Å². The van der Waals surface area contributed by atoms with Crippen molar-refractivity contribution in [3.05, 3.63) is 0 Å². The van der Waals surface area contributed by atoms with Crippen molar-refractivity contribution < 1.29 is 4.74 Å². The van der Waals surface area contributed by atoms with E-state index in [4.69, 9.17) is 4.74 Å². The van der Waals surface area contributed by atoms with Crippen LogP contribution >= 0.6 is 11.8 Å². The SMILES string of the molecule is CSC1(C#N)CCN(CC2CCOCC2)CC1. The van der Waals surface area contributed by atoms with Crippen LogP contribution in [-0.4, -0.2) is 48.8 Å². The van der Waals surface area contributed by atoms with Crippen molar-refractivity contribution in [1.29, 1.82) is 5.26 Å². The summed E-state index contributed by atoms with van der Waals surface area (Å²) in [5.41, 5.74) is 0. The second-order valence-electron chi connectivity index (χ2n) is 5.17. The topological polar surface area (TPSA) is 36.3 Å². The van der Waals surface area contributed by atoms with Gasteiger partial charge >= 0.3 is 0 Å². The van der Waals surface area contributed by atoms with Gasteiger partial charge in [0.15, 0.2) is 0 Å². The van der Waals surface area contributed by atoms with E-state index in [-0.39, 0.29) is 4.75 Å². The molecule has 2 fully saturated rings. The number of thioether (sulfide) groups is 1. The second-order valence-corrected chi connectivity index (χ2v) is 6.36. The molecule has 0 N–H and O–H groups in total. The van der Waals surface area contributed by atoms with Gasteiger partial charge in [-0.2, -0.15) is 5.26 Å². The maximum absolute atomic E-state index is 9.24. The third-order valence-corrected chi connectivity index (χ3v) is 5.40. The average molecular weight is 254 g/mol. The first-order chi connectivity index (χ1) is 8.28. The van der Waals surface area contributed by atoms with E-state index in [1.165, 1.54) is 19.4 Å².